The van der Waals surface area contributed by atoms with Gasteiger partial charge in [0.2, 0.25) is 0 Å². The summed E-state index contributed by atoms with van der Waals surface area (Å²) in [6.45, 7) is 8.79. The van der Waals surface area contributed by atoms with Crippen LogP contribution in [0.1, 0.15) is 29.4 Å². The lowest BCUT2D eigenvalue weighted by molar-refractivity contribution is 0.0863. The Bertz CT molecular complexity index is 316. The van der Waals surface area contributed by atoms with E-state index in [0.717, 1.165) is 10.7 Å². The van der Waals surface area contributed by atoms with Crippen LogP contribution in [0, 0.1) is 25.7 Å². The monoisotopic (exact) mass is 242 g/mol. The molecule has 0 saturated carbocycles. The van der Waals surface area contributed by atoms with Crippen LogP contribution in [-0.4, -0.2) is 22.7 Å². The summed E-state index contributed by atoms with van der Waals surface area (Å²) < 4.78 is 0. The second-order valence-electron chi connectivity index (χ2n) is 4.66. The Kier molecular flexibility index (Phi) is 4.89. The number of hydrogen-bond acceptors (Lipinski definition) is 4. The van der Waals surface area contributed by atoms with Crippen molar-refractivity contribution >= 4 is 11.3 Å². The molecule has 2 unspecified atom stereocenters. The number of aliphatic hydroxyl groups excluding tert-OH is 1. The van der Waals surface area contributed by atoms with Crippen LogP contribution in [0.25, 0.3) is 0 Å². The van der Waals surface area contributed by atoms with E-state index >= 15 is 0 Å². The average Bonchev–Trinajstić information content (AvgIpc) is 2.45. The molecule has 0 saturated heterocycles. The molecule has 1 aromatic rings. The summed E-state index contributed by atoms with van der Waals surface area (Å²) >= 11 is 1.67. The largest absolute Gasteiger partial charge is 0.392 e. The molecular formula is C12H22N2OS. The molecule has 0 aromatic carbocycles. The van der Waals surface area contributed by atoms with Crippen molar-refractivity contribution in [3.8, 4) is 0 Å². The molecule has 0 bridgehead atoms. The summed E-state index contributed by atoms with van der Waals surface area (Å²) in [6.07, 6.45) is 0.245. The zero-order valence-electron chi connectivity index (χ0n) is 10.5. The number of aliphatic hydroxyl groups is 1. The van der Waals surface area contributed by atoms with Crippen LogP contribution < -0.4 is 5.73 Å². The predicted octanol–water partition coefficient (Wildman–Crippen LogP) is 1.89. The molecule has 92 valence electrons. The fourth-order valence-electron chi connectivity index (χ4n) is 1.83. The van der Waals surface area contributed by atoms with Crippen LogP contribution in [0.2, 0.25) is 0 Å². The third-order valence-corrected chi connectivity index (χ3v) is 4.17. The highest BCUT2D eigenvalue weighted by Gasteiger charge is 2.22. The van der Waals surface area contributed by atoms with E-state index in [1.165, 1.54) is 4.88 Å². The van der Waals surface area contributed by atoms with Crippen molar-refractivity contribution in [2.75, 3.05) is 6.54 Å². The number of thiazole rings is 1. The van der Waals surface area contributed by atoms with Crippen LogP contribution >= 0.6 is 11.3 Å². The first-order chi connectivity index (χ1) is 7.45. The summed E-state index contributed by atoms with van der Waals surface area (Å²) in [5, 5.41) is 11.1. The number of nitrogens with two attached hydrogens (primary N) is 1. The van der Waals surface area contributed by atoms with Gasteiger partial charge in [0.1, 0.15) is 0 Å². The Morgan fingerprint density at radius 1 is 1.38 bits per heavy atom. The average molecular weight is 242 g/mol. The molecule has 0 amide bonds. The highest BCUT2D eigenvalue weighted by molar-refractivity contribution is 7.11. The van der Waals surface area contributed by atoms with E-state index in [0.29, 0.717) is 18.9 Å². The molecule has 4 heteroatoms. The van der Waals surface area contributed by atoms with Crippen LogP contribution in [0.4, 0.5) is 0 Å². The molecule has 0 fully saturated rings. The quantitative estimate of drug-likeness (QED) is 0.829. The Labute approximate surface area is 102 Å². The van der Waals surface area contributed by atoms with Gasteiger partial charge < -0.3 is 10.8 Å². The van der Waals surface area contributed by atoms with Crippen molar-refractivity contribution < 1.29 is 5.11 Å². The van der Waals surface area contributed by atoms with Gasteiger partial charge in [0.25, 0.3) is 0 Å². The van der Waals surface area contributed by atoms with Crippen LogP contribution in [0.3, 0.4) is 0 Å². The van der Waals surface area contributed by atoms with Gasteiger partial charge >= 0.3 is 0 Å². The second kappa shape index (κ2) is 5.75. The molecule has 2 atom stereocenters. The zero-order valence-corrected chi connectivity index (χ0v) is 11.3. The highest BCUT2D eigenvalue weighted by atomic mass is 32.1. The van der Waals surface area contributed by atoms with Crippen molar-refractivity contribution in [2.45, 2.75) is 40.2 Å². The third kappa shape index (κ3) is 3.27. The molecule has 16 heavy (non-hydrogen) atoms. The molecule has 0 aliphatic carbocycles. The van der Waals surface area contributed by atoms with E-state index in [4.69, 9.17) is 5.73 Å². The van der Waals surface area contributed by atoms with Crippen molar-refractivity contribution in [3.05, 3.63) is 15.6 Å². The van der Waals surface area contributed by atoms with Crippen molar-refractivity contribution in [1.82, 2.24) is 4.98 Å². The molecule has 3 N–H and O–H groups in total. The number of hydrogen-bond donors (Lipinski definition) is 2. The first-order valence-electron chi connectivity index (χ1n) is 5.76. The number of nitrogens with zero attached hydrogens (tertiary/aromatic N) is 1. The molecule has 0 aliphatic heterocycles. The molecule has 3 nitrogen and oxygen atoms in total. The molecule has 1 rings (SSSR count). The maximum atomic E-state index is 10.1. The van der Waals surface area contributed by atoms with Gasteiger partial charge in [-0.15, -0.1) is 11.3 Å². The summed E-state index contributed by atoms with van der Waals surface area (Å²) in [7, 11) is 0. The fraction of sp³-hybridized carbons (Fsp3) is 0.750. The van der Waals surface area contributed by atoms with Gasteiger partial charge in [-0.3, -0.25) is 0 Å². The third-order valence-electron chi connectivity index (χ3n) is 3.08. The number of aryl methyl sites for hydroxylation is 2. The first kappa shape index (κ1) is 13.6. The molecular weight excluding hydrogens is 220 g/mol. The van der Waals surface area contributed by atoms with E-state index < -0.39 is 0 Å². The normalized spacial score (nSPS) is 15.4. The lowest BCUT2D eigenvalue weighted by Crippen LogP contribution is -2.33. The first-order valence-corrected chi connectivity index (χ1v) is 6.58. The number of rotatable bonds is 5. The lowest BCUT2D eigenvalue weighted by Gasteiger charge is -2.24. The number of aromatic nitrogens is 1. The van der Waals surface area contributed by atoms with Crippen molar-refractivity contribution in [1.29, 1.82) is 0 Å². The van der Waals surface area contributed by atoms with Gasteiger partial charge in [-0.1, -0.05) is 13.8 Å². The highest BCUT2D eigenvalue weighted by Crippen LogP contribution is 2.22. The SMILES string of the molecule is Cc1nc(CC(O)C(CN)C(C)C)sc1C. The lowest BCUT2D eigenvalue weighted by atomic mass is 9.89. The van der Waals surface area contributed by atoms with Crippen LogP contribution in [-0.2, 0) is 6.42 Å². The zero-order chi connectivity index (χ0) is 12.3. The molecule has 0 radical (unpaired) electrons. The molecule has 0 spiro atoms. The van der Waals surface area contributed by atoms with Gasteiger partial charge in [0.05, 0.1) is 16.8 Å². The summed E-state index contributed by atoms with van der Waals surface area (Å²) in [6, 6.07) is 0. The maximum Gasteiger partial charge on any atom is 0.0956 e. The van der Waals surface area contributed by atoms with Crippen LogP contribution in [0.5, 0.6) is 0 Å². The minimum absolute atomic E-state index is 0.157. The summed E-state index contributed by atoms with van der Waals surface area (Å²) in [5.41, 5.74) is 6.76. The predicted molar refractivity (Wildman–Crippen MR) is 68.7 cm³/mol. The van der Waals surface area contributed by atoms with Gasteiger partial charge in [-0.25, -0.2) is 4.98 Å². The minimum atomic E-state index is -0.380. The Hall–Kier alpha value is -0.450. The van der Waals surface area contributed by atoms with Crippen molar-refractivity contribution in [2.24, 2.45) is 17.6 Å². The smallest absolute Gasteiger partial charge is 0.0956 e. The van der Waals surface area contributed by atoms with Gasteiger partial charge in [0.15, 0.2) is 0 Å². The summed E-state index contributed by atoms with van der Waals surface area (Å²) in [4.78, 5) is 5.68. The second-order valence-corrected chi connectivity index (χ2v) is 5.95. The molecule has 0 aliphatic rings. The van der Waals surface area contributed by atoms with Gasteiger partial charge in [-0.2, -0.15) is 0 Å². The Morgan fingerprint density at radius 3 is 2.38 bits per heavy atom. The topological polar surface area (TPSA) is 59.1 Å². The molecule has 1 heterocycles. The maximum absolute atomic E-state index is 10.1. The van der Waals surface area contributed by atoms with Crippen LogP contribution in [0.15, 0.2) is 0 Å². The van der Waals surface area contributed by atoms with Gasteiger partial charge in [0, 0.05) is 11.3 Å². The van der Waals surface area contributed by atoms with E-state index in [1.54, 1.807) is 11.3 Å². The van der Waals surface area contributed by atoms with E-state index in [2.05, 4.69) is 25.8 Å². The van der Waals surface area contributed by atoms with E-state index in [-0.39, 0.29) is 12.0 Å². The van der Waals surface area contributed by atoms with E-state index in [1.807, 2.05) is 6.92 Å². The Balaban J connectivity index is 2.66. The minimum Gasteiger partial charge on any atom is -0.392 e. The fourth-order valence-corrected chi connectivity index (χ4v) is 2.81. The molecule has 1 aromatic heterocycles. The van der Waals surface area contributed by atoms with Gasteiger partial charge in [-0.05, 0) is 32.2 Å². The standard InChI is InChI=1S/C12H22N2OS/c1-7(2)10(6-13)11(15)5-12-14-8(3)9(4)16-12/h7,10-11,15H,5-6,13H2,1-4H3. The van der Waals surface area contributed by atoms with E-state index in [9.17, 15) is 5.11 Å². The van der Waals surface area contributed by atoms with Crippen molar-refractivity contribution in [3.63, 3.8) is 0 Å². The summed E-state index contributed by atoms with van der Waals surface area (Å²) in [5.74, 6) is 0.562. The Morgan fingerprint density at radius 2 is 2.00 bits per heavy atom.